The molecule has 0 unspecified atom stereocenters. The van der Waals surface area contributed by atoms with Crippen molar-refractivity contribution in [1.29, 1.82) is 0 Å². The molecular formula is C25H30N4O4S2. The van der Waals surface area contributed by atoms with Crippen molar-refractivity contribution in [2.45, 2.75) is 48.3 Å². The highest BCUT2D eigenvalue weighted by Crippen LogP contribution is 2.39. The van der Waals surface area contributed by atoms with Crippen molar-refractivity contribution in [3.8, 4) is 5.75 Å². The molecule has 1 aliphatic heterocycles. The molecular weight excluding hydrogens is 484 g/mol. The zero-order valence-corrected chi connectivity index (χ0v) is 21.8. The highest BCUT2D eigenvalue weighted by Gasteiger charge is 2.32. The van der Waals surface area contributed by atoms with Crippen molar-refractivity contribution in [3.05, 3.63) is 42.1 Å². The Morgan fingerprint density at radius 3 is 2.74 bits per heavy atom. The molecule has 1 saturated carbocycles. The topological polar surface area (TPSA) is 91.8 Å². The highest BCUT2D eigenvalue weighted by molar-refractivity contribution is 8.01. The minimum absolute atomic E-state index is 0.0321. The van der Waals surface area contributed by atoms with E-state index in [9.17, 15) is 14.4 Å². The zero-order chi connectivity index (χ0) is 25.1. The SMILES string of the molecule is C=CC(=O)N1CCN(C(=O)c2cc(Sc3cnc(NC(=O)C4CC4)s3)c(C)cc2OC)C[C@H]1CC. The second-order valence-electron chi connectivity index (χ2n) is 8.72. The Kier molecular flexibility index (Phi) is 7.81. The number of anilines is 1. The fourth-order valence-corrected chi connectivity index (χ4v) is 6.04. The number of piperazine rings is 1. The summed E-state index contributed by atoms with van der Waals surface area (Å²) in [7, 11) is 1.56. The van der Waals surface area contributed by atoms with E-state index in [2.05, 4.69) is 16.9 Å². The van der Waals surface area contributed by atoms with Gasteiger partial charge in [0.1, 0.15) is 5.75 Å². The number of methoxy groups -OCH3 is 1. The average Bonchev–Trinajstić information content (AvgIpc) is 3.64. The first-order chi connectivity index (χ1) is 16.8. The molecule has 186 valence electrons. The minimum atomic E-state index is -0.116. The molecule has 0 spiro atoms. The third-order valence-corrected chi connectivity index (χ3v) is 8.47. The lowest BCUT2D eigenvalue weighted by atomic mass is 10.1. The van der Waals surface area contributed by atoms with E-state index >= 15 is 0 Å². The van der Waals surface area contributed by atoms with Crippen LogP contribution in [0.3, 0.4) is 0 Å². The molecule has 3 amide bonds. The number of nitrogens with one attached hydrogen (secondary N) is 1. The third kappa shape index (κ3) is 5.70. The lowest BCUT2D eigenvalue weighted by Crippen LogP contribution is -2.56. The quantitative estimate of drug-likeness (QED) is 0.531. The third-order valence-electron chi connectivity index (χ3n) is 6.30. The lowest BCUT2D eigenvalue weighted by Gasteiger charge is -2.41. The maximum Gasteiger partial charge on any atom is 0.257 e. The predicted molar refractivity (Wildman–Crippen MR) is 137 cm³/mol. The van der Waals surface area contributed by atoms with E-state index in [4.69, 9.17) is 4.74 Å². The monoisotopic (exact) mass is 514 g/mol. The lowest BCUT2D eigenvalue weighted by molar-refractivity contribution is -0.130. The molecule has 2 heterocycles. The van der Waals surface area contributed by atoms with E-state index in [1.165, 1.54) is 29.2 Å². The summed E-state index contributed by atoms with van der Waals surface area (Å²) >= 11 is 2.93. The second-order valence-corrected chi connectivity index (χ2v) is 11.1. The number of ether oxygens (including phenoxy) is 1. The van der Waals surface area contributed by atoms with Crippen LogP contribution in [-0.2, 0) is 9.59 Å². The van der Waals surface area contributed by atoms with Crippen LogP contribution in [0, 0.1) is 12.8 Å². The number of rotatable bonds is 8. The molecule has 0 bridgehead atoms. The molecule has 1 atom stereocenters. The summed E-state index contributed by atoms with van der Waals surface area (Å²) in [5, 5.41) is 3.47. The van der Waals surface area contributed by atoms with Crippen molar-refractivity contribution in [3.63, 3.8) is 0 Å². The van der Waals surface area contributed by atoms with Gasteiger partial charge in [-0.1, -0.05) is 36.6 Å². The van der Waals surface area contributed by atoms with Crippen LogP contribution < -0.4 is 10.1 Å². The van der Waals surface area contributed by atoms with Gasteiger partial charge in [0.15, 0.2) is 5.13 Å². The van der Waals surface area contributed by atoms with E-state index < -0.39 is 0 Å². The molecule has 1 aliphatic carbocycles. The Balaban J connectivity index is 1.52. The molecule has 1 saturated heterocycles. The average molecular weight is 515 g/mol. The van der Waals surface area contributed by atoms with Crippen LogP contribution in [-0.4, -0.2) is 65.3 Å². The molecule has 10 heteroatoms. The van der Waals surface area contributed by atoms with Gasteiger partial charge in [-0.05, 0) is 50.0 Å². The van der Waals surface area contributed by atoms with Gasteiger partial charge in [0.2, 0.25) is 11.8 Å². The van der Waals surface area contributed by atoms with E-state index in [0.717, 1.165) is 33.9 Å². The summed E-state index contributed by atoms with van der Waals surface area (Å²) in [5.74, 6) is 0.458. The molecule has 2 aromatic rings. The van der Waals surface area contributed by atoms with Crippen LogP contribution in [0.25, 0.3) is 0 Å². The fraction of sp³-hybridized carbons (Fsp3) is 0.440. The van der Waals surface area contributed by atoms with Crippen molar-refractivity contribution >= 4 is 46.0 Å². The number of aryl methyl sites for hydroxylation is 1. The summed E-state index contributed by atoms with van der Waals surface area (Å²) < 4.78 is 6.48. The molecule has 0 radical (unpaired) electrons. The van der Waals surface area contributed by atoms with Gasteiger partial charge >= 0.3 is 0 Å². The summed E-state index contributed by atoms with van der Waals surface area (Å²) in [6.45, 7) is 8.97. The number of aromatic nitrogens is 1. The minimum Gasteiger partial charge on any atom is -0.496 e. The van der Waals surface area contributed by atoms with Crippen molar-refractivity contribution in [1.82, 2.24) is 14.8 Å². The highest BCUT2D eigenvalue weighted by atomic mass is 32.2. The van der Waals surface area contributed by atoms with Gasteiger partial charge in [-0.15, -0.1) is 0 Å². The van der Waals surface area contributed by atoms with Gasteiger partial charge < -0.3 is 19.9 Å². The molecule has 1 N–H and O–H groups in total. The molecule has 4 rings (SSSR count). The van der Waals surface area contributed by atoms with Crippen LogP contribution in [0.4, 0.5) is 5.13 Å². The number of thiazole rings is 1. The Labute approximate surface area is 213 Å². The standard InChI is InChI=1S/C25H30N4O4S2/c1-5-17-14-28(9-10-29(17)21(30)6-2)24(32)18-12-20(15(3)11-19(18)33-4)34-22-13-26-25(35-22)27-23(31)16-7-8-16/h6,11-13,16-17H,2,5,7-10,14H2,1,3-4H3,(H,26,27,31)/t17-/m1/s1. The van der Waals surface area contributed by atoms with Gasteiger partial charge in [-0.25, -0.2) is 4.98 Å². The Morgan fingerprint density at radius 1 is 1.31 bits per heavy atom. The van der Waals surface area contributed by atoms with Gasteiger partial charge in [-0.3, -0.25) is 14.4 Å². The first kappa shape index (κ1) is 25.2. The smallest absolute Gasteiger partial charge is 0.257 e. The van der Waals surface area contributed by atoms with Gasteiger partial charge in [-0.2, -0.15) is 0 Å². The summed E-state index contributed by atoms with van der Waals surface area (Å²) in [6.07, 6.45) is 5.71. The number of benzene rings is 1. The van der Waals surface area contributed by atoms with Gasteiger partial charge in [0.05, 0.1) is 23.1 Å². The van der Waals surface area contributed by atoms with Crippen LogP contribution in [0.2, 0.25) is 0 Å². The molecule has 1 aromatic heterocycles. The molecule has 8 nitrogen and oxygen atoms in total. The fourth-order valence-electron chi connectivity index (χ4n) is 4.10. The van der Waals surface area contributed by atoms with E-state index in [1.54, 1.807) is 23.1 Å². The Hall–Kier alpha value is -2.85. The normalized spacial score (nSPS) is 17.7. The predicted octanol–water partition coefficient (Wildman–Crippen LogP) is 4.21. The molecule has 35 heavy (non-hydrogen) atoms. The van der Waals surface area contributed by atoms with E-state index in [0.29, 0.717) is 36.1 Å². The first-order valence-electron chi connectivity index (χ1n) is 11.7. The number of carbonyl (C=O) groups is 3. The van der Waals surface area contributed by atoms with E-state index in [-0.39, 0.29) is 29.7 Å². The van der Waals surface area contributed by atoms with Crippen molar-refractivity contribution in [2.75, 3.05) is 32.1 Å². The van der Waals surface area contributed by atoms with Gasteiger partial charge in [0, 0.05) is 36.5 Å². The van der Waals surface area contributed by atoms with Crippen LogP contribution in [0.1, 0.15) is 42.1 Å². The van der Waals surface area contributed by atoms with Crippen molar-refractivity contribution < 1.29 is 19.1 Å². The maximum atomic E-state index is 13.6. The van der Waals surface area contributed by atoms with E-state index in [1.807, 2.05) is 26.0 Å². The van der Waals surface area contributed by atoms with Crippen LogP contribution >= 0.6 is 23.1 Å². The number of hydrogen-bond donors (Lipinski definition) is 1. The zero-order valence-electron chi connectivity index (χ0n) is 20.2. The number of hydrogen-bond acceptors (Lipinski definition) is 7. The molecule has 2 aliphatic rings. The van der Waals surface area contributed by atoms with Crippen LogP contribution in [0.15, 0.2) is 40.1 Å². The Bertz CT molecular complexity index is 1140. The molecule has 2 fully saturated rings. The Morgan fingerprint density at radius 2 is 2.09 bits per heavy atom. The maximum absolute atomic E-state index is 13.6. The van der Waals surface area contributed by atoms with Gasteiger partial charge in [0.25, 0.3) is 5.91 Å². The summed E-state index contributed by atoms with van der Waals surface area (Å²) in [4.78, 5) is 46.6. The van der Waals surface area contributed by atoms with Crippen molar-refractivity contribution in [2.24, 2.45) is 5.92 Å². The number of amides is 3. The van der Waals surface area contributed by atoms with Crippen LogP contribution in [0.5, 0.6) is 5.75 Å². The number of nitrogens with zero attached hydrogens (tertiary/aromatic N) is 3. The first-order valence-corrected chi connectivity index (χ1v) is 13.3. The second kappa shape index (κ2) is 10.8. The summed E-state index contributed by atoms with van der Waals surface area (Å²) in [6, 6.07) is 3.69. The summed E-state index contributed by atoms with van der Waals surface area (Å²) in [5.41, 5.74) is 1.47. The largest absolute Gasteiger partial charge is 0.496 e. The number of carbonyl (C=O) groups excluding carboxylic acids is 3. The molecule has 1 aromatic carbocycles.